The second kappa shape index (κ2) is 4.97. The van der Waals surface area contributed by atoms with Crippen molar-refractivity contribution in [2.24, 2.45) is 0 Å². The summed E-state index contributed by atoms with van der Waals surface area (Å²) in [6.45, 7) is 0.765. The van der Waals surface area contributed by atoms with Crippen molar-refractivity contribution in [3.8, 4) is 0 Å². The van der Waals surface area contributed by atoms with Crippen LogP contribution in [-0.2, 0) is 11.0 Å². The summed E-state index contributed by atoms with van der Waals surface area (Å²) in [5, 5.41) is 5.48. The van der Waals surface area contributed by atoms with E-state index in [-0.39, 0.29) is 17.6 Å². The summed E-state index contributed by atoms with van der Waals surface area (Å²) in [4.78, 5) is 11.7. The number of benzene rings is 1. The lowest BCUT2D eigenvalue weighted by Crippen LogP contribution is -2.35. The van der Waals surface area contributed by atoms with Crippen LogP contribution in [0.15, 0.2) is 24.3 Å². The fraction of sp³-hybridized carbons (Fsp3) is 0.417. The maximum Gasteiger partial charge on any atom is 0.416 e. The molecular formula is C12H13F3N2O. The van der Waals surface area contributed by atoms with Gasteiger partial charge in [0.1, 0.15) is 0 Å². The lowest BCUT2D eigenvalue weighted by atomic mass is 10.1. The SMILES string of the molecule is O=C(Nc1cccc(C(F)(F)F)c1)[C@H]1CCCN1. The molecule has 0 saturated carbocycles. The van der Waals surface area contributed by atoms with Crippen LogP contribution in [0, 0.1) is 0 Å². The number of halogens is 3. The Morgan fingerprint density at radius 1 is 1.39 bits per heavy atom. The zero-order valence-electron chi connectivity index (χ0n) is 9.55. The molecule has 1 aliphatic heterocycles. The van der Waals surface area contributed by atoms with Gasteiger partial charge in [-0.1, -0.05) is 6.07 Å². The lowest BCUT2D eigenvalue weighted by molar-refractivity contribution is -0.137. The minimum Gasteiger partial charge on any atom is -0.325 e. The molecule has 1 aromatic rings. The normalized spacial score (nSPS) is 19.8. The van der Waals surface area contributed by atoms with E-state index in [9.17, 15) is 18.0 Å². The summed E-state index contributed by atoms with van der Waals surface area (Å²) in [6, 6.07) is 4.33. The number of carbonyl (C=O) groups excluding carboxylic acids is 1. The first-order valence-corrected chi connectivity index (χ1v) is 5.68. The molecule has 0 aliphatic carbocycles. The highest BCUT2D eigenvalue weighted by Crippen LogP contribution is 2.30. The molecule has 2 N–H and O–H groups in total. The van der Waals surface area contributed by atoms with Crippen LogP contribution in [-0.4, -0.2) is 18.5 Å². The molecule has 1 aromatic carbocycles. The Morgan fingerprint density at radius 2 is 2.17 bits per heavy atom. The number of alkyl halides is 3. The Hall–Kier alpha value is -1.56. The molecule has 3 nitrogen and oxygen atoms in total. The quantitative estimate of drug-likeness (QED) is 0.855. The van der Waals surface area contributed by atoms with E-state index in [2.05, 4.69) is 10.6 Å². The first-order valence-electron chi connectivity index (χ1n) is 5.68. The highest BCUT2D eigenvalue weighted by atomic mass is 19.4. The maximum atomic E-state index is 12.5. The minimum atomic E-state index is -4.40. The van der Waals surface area contributed by atoms with Crippen LogP contribution in [0.5, 0.6) is 0 Å². The molecule has 6 heteroatoms. The predicted molar refractivity (Wildman–Crippen MR) is 61.1 cm³/mol. The average molecular weight is 258 g/mol. The van der Waals surface area contributed by atoms with Gasteiger partial charge in [-0.2, -0.15) is 13.2 Å². The number of hydrogen-bond donors (Lipinski definition) is 2. The van der Waals surface area contributed by atoms with Crippen molar-refractivity contribution in [3.05, 3.63) is 29.8 Å². The van der Waals surface area contributed by atoms with Crippen molar-refractivity contribution in [1.29, 1.82) is 0 Å². The van der Waals surface area contributed by atoms with Crippen LogP contribution >= 0.6 is 0 Å². The molecule has 98 valence electrons. The highest BCUT2D eigenvalue weighted by Gasteiger charge is 2.30. The van der Waals surface area contributed by atoms with Crippen molar-refractivity contribution in [1.82, 2.24) is 5.32 Å². The zero-order chi connectivity index (χ0) is 13.2. The fourth-order valence-electron chi connectivity index (χ4n) is 1.91. The van der Waals surface area contributed by atoms with E-state index >= 15 is 0 Å². The van der Waals surface area contributed by atoms with Gasteiger partial charge in [-0.3, -0.25) is 4.79 Å². The average Bonchev–Trinajstić information content (AvgIpc) is 2.81. The number of rotatable bonds is 2. The zero-order valence-corrected chi connectivity index (χ0v) is 9.55. The van der Waals surface area contributed by atoms with E-state index < -0.39 is 11.7 Å². The second-order valence-electron chi connectivity index (χ2n) is 4.22. The first-order chi connectivity index (χ1) is 8.47. The van der Waals surface area contributed by atoms with Crippen molar-refractivity contribution >= 4 is 11.6 Å². The Labute approximate surface area is 102 Å². The number of anilines is 1. The van der Waals surface area contributed by atoms with Gasteiger partial charge in [-0.15, -0.1) is 0 Å². The summed E-state index contributed by atoms with van der Waals surface area (Å²) in [6.07, 6.45) is -2.78. The van der Waals surface area contributed by atoms with E-state index in [0.717, 1.165) is 25.1 Å². The van der Waals surface area contributed by atoms with E-state index in [4.69, 9.17) is 0 Å². The van der Waals surface area contributed by atoms with Gasteiger partial charge >= 0.3 is 6.18 Å². The van der Waals surface area contributed by atoms with E-state index in [1.807, 2.05) is 0 Å². The van der Waals surface area contributed by atoms with Crippen LogP contribution in [0.25, 0.3) is 0 Å². The molecule has 1 fully saturated rings. The van der Waals surface area contributed by atoms with E-state index in [1.165, 1.54) is 12.1 Å². The predicted octanol–water partition coefficient (Wildman–Crippen LogP) is 2.40. The molecule has 1 heterocycles. The standard InChI is InChI=1S/C12H13F3N2O/c13-12(14,15)8-3-1-4-9(7-8)17-11(18)10-5-2-6-16-10/h1,3-4,7,10,16H,2,5-6H2,(H,17,18)/t10-/m1/s1. The Balaban J connectivity index is 2.07. The van der Waals surface area contributed by atoms with Crippen LogP contribution < -0.4 is 10.6 Å². The molecule has 0 spiro atoms. The van der Waals surface area contributed by atoms with Crippen molar-refractivity contribution < 1.29 is 18.0 Å². The number of hydrogen-bond acceptors (Lipinski definition) is 2. The smallest absolute Gasteiger partial charge is 0.325 e. The Bertz CT molecular complexity index is 439. The molecule has 1 amide bonds. The molecule has 0 aromatic heterocycles. The summed E-state index contributed by atoms with van der Waals surface area (Å²) < 4.78 is 37.4. The largest absolute Gasteiger partial charge is 0.416 e. The molecule has 0 radical (unpaired) electrons. The first kappa shape index (κ1) is 12.9. The third-order valence-electron chi connectivity index (χ3n) is 2.83. The van der Waals surface area contributed by atoms with Gasteiger partial charge in [-0.05, 0) is 37.6 Å². The monoisotopic (exact) mass is 258 g/mol. The third-order valence-corrected chi connectivity index (χ3v) is 2.83. The summed E-state index contributed by atoms with van der Waals surface area (Å²) >= 11 is 0. The van der Waals surface area contributed by atoms with Crippen LogP contribution in [0.4, 0.5) is 18.9 Å². The molecule has 0 unspecified atom stereocenters. The Morgan fingerprint density at radius 3 is 2.78 bits per heavy atom. The van der Waals surface area contributed by atoms with E-state index in [0.29, 0.717) is 6.42 Å². The fourth-order valence-corrected chi connectivity index (χ4v) is 1.91. The van der Waals surface area contributed by atoms with Gasteiger partial charge in [0.25, 0.3) is 0 Å². The molecule has 1 atom stereocenters. The summed E-state index contributed by atoms with van der Waals surface area (Å²) in [7, 11) is 0. The molecule has 2 rings (SSSR count). The molecular weight excluding hydrogens is 245 g/mol. The van der Waals surface area contributed by atoms with E-state index in [1.54, 1.807) is 0 Å². The maximum absolute atomic E-state index is 12.5. The molecule has 1 aliphatic rings. The van der Waals surface area contributed by atoms with Crippen LogP contribution in [0.3, 0.4) is 0 Å². The highest BCUT2D eigenvalue weighted by molar-refractivity contribution is 5.95. The van der Waals surface area contributed by atoms with Crippen molar-refractivity contribution in [2.75, 3.05) is 11.9 Å². The number of nitrogens with one attached hydrogen (secondary N) is 2. The second-order valence-corrected chi connectivity index (χ2v) is 4.22. The molecule has 1 saturated heterocycles. The third kappa shape index (κ3) is 3.01. The van der Waals surface area contributed by atoms with Crippen LogP contribution in [0.1, 0.15) is 18.4 Å². The van der Waals surface area contributed by atoms with Gasteiger partial charge in [0.05, 0.1) is 11.6 Å². The minimum absolute atomic E-state index is 0.170. The van der Waals surface area contributed by atoms with Gasteiger partial charge < -0.3 is 10.6 Å². The lowest BCUT2D eigenvalue weighted by Gasteiger charge is -2.12. The summed E-state index contributed by atoms with van der Waals surface area (Å²) in [5.41, 5.74) is -0.594. The molecule has 0 bridgehead atoms. The topological polar surface area (TPSA) is 41.1 Å². The van der Waals surface area contributed by atoms with Crippen molar-refractivity contribution in [2.45, 2.75) is 25.1 Å². The van der Waals surface area contributed by atoms with Crippen molar-refractivity contribution in [3.63, 3.8) is 0 Å². The van der Waals surface area contributed by atoms with Crippen LogP contribution in [0.2, 0.25) is 0 Å². The van der Waals surface area contributed by atoms with Gasteiger partial charge in [0.15, 0.2) is 0 Å². The van der Waals surface area contributed by atoms with Gasteiger partial charge in [0, 0.05) is 5.69 Å². The number of amides is 1. The molecule has 18 heavy (non-hydrogen) atoms. The summed E-state index contributed by atoms with van der Waals surface area (Å²) in [5.74, 6) is -0.285. The Kier molecular flexibility index (Phi) is 3.56. The van der Waals surface area contributed by atoms with Gasteiger partial charge in [-0.25, -0.2) is 0 Å². The number of carbonyl (C=O) groups is 1. The van der Waals surface area contributed by atoms with Gasteiger partial charge in [0.2, 0.25) is 5.91 Å².